The van der Waals surface area contributed by atoms with Crippen molar-refractivity contribution < 1.29 is 5.11 Å². The van der Waals surface area contributed by atoms with Gasteiger partial charge in [-0.1, -0.05) is 37.3 Å². The number of phenolic OH excluding ortho intramolecular Hbond substituents is 1. The molecule has 0 unspecified atom stereocenters. The second kappa shape index (κ2) is 5.85. The Morgan fingerprint density at radius 1 is 1.09 bits per heavy atom. The Morgan fingerprint density at radius 2 is 1.86 bits per heavy atom. The zero-order valence-electron chi connectivity index (χ0n) is 12.2. The maximum atomic E-state index is 12.3. The number of phenols is 1. The molecule has 22 heavy (non-hydrogen) atoms. The van der Waals surface area contributed by atoms with Crippen molar-refractivity contribution in [3.05, 3.63) is 76.8 Å². The van der Waals surface area contributed by atoms with Crippen LogP contribution in [-0.2, 0) is 6.42 Å². The van der Waals surface area contributed by atoms with Crippen molar-refractivity contribution in [1.82, 2.24) is 9.55 Å². The molecule has 0 spiro atoms. The molecule has 0 bridgehead atoms. The molecule has 0 aliphatic heterocycles. The minimum Gasteiger partial charge on any atom is -0.508 e. The van der Waals surface area contributed by atoms with Crippen LogP contribution in [0.15, 0.2) is 65.6 Å². The van der Waals surface area contributed by atoms with Crippen molar-refractivity contribution in [2.75, 3.05) is 0 Å². The van der Waals surface area contributed by atoms with Gasteiger partial charge in [0.25, 0.3) is 0 Å². The predicted molar refractivity (Wildman–Crippen MR) is 86.3 cm³/mol. The molecular formula is C18H16N2O2. The predicted octanol–water partition coefficient (Wildman–Crippen LogP) is 3.17. The first-order valence-electron chi connectivity index (χ1n) is 7.16. The van der Waals surface area contributed by atoms with Crippen molar-refractivity contribution >= 4 is 0 Å². The maximum Gasteiger partial charge on any atom is 0.352 e. The van der Waals surface area contributed by atoms with Crippen LogP contribution < -0.4 is 5.69 Å². The molecule has 1 heterocycles. The van der Waals surface area contributed by atoms with Gasteiger partial charge in [-0.3, -0.25) is 4.57 Å². The molecule has 4 heteroatoms. The second-order valence-corrected chi connectivity index (χ2v) is 4.98. The monoisotopic (exact) mass is 292 g/mol. The molecule has 0 aliphatic rings. The number of aromatic hydroxyl groups is 1. The summed E-state index contributed by atoms with van der Waals surface area (Å²) in [5.74, 6) is 0.240. The van der Waals surface area contributed by atoms with Gasteiger partial charge in [0.05, 0.1) is 11.4 Å². The van der Waals surface area contributed by atoms with Gasteiger partial charge in [-0.2, -0.15) is 0 Å². The van der Waals surface area contributed by atoms with Gasteiger partial charge in [-0.25, -0.2) is 9.78 Å². The molecule has 0 saturated carbocycles. The molecule has 2 aromatic carbocycles. The van der Waals surface area contributed by atoms with E-state index in [2.05, 4.69) is 4.98 Å². The highest BCUT2D eigenvalue weighted by molar-refractivity contribution is 5.62. The Morgan fingerprint density at radius 3 is 2.59 bits per heavy atom. The highest BCUT2D eigenvalue weighted by Crippen LogP contribution is 2.24. The van der Waals surface area contributed by atoms with E-state index in [4.69, 9.17) is 0 Å². The third kappa shape index (κ3) is 2.51. The smallest absolute Gasteiger partial charge is 0.352 e. The minimum atomic E-state index is -0.339. The Bertz CT molecular complexity index is 854. The molecule has 0 saturated heterocycles. The van der Waals surface area contributed by atoms with Crippen LogP contribution in [0.1, 0.15) is 12.5 Å². The van der Waals surface area contributed by atoms with Gasteiger partial charge >= 0.3 is 5.69 Å². The fourth-order valence-electron chi connectivity index (χ4n) is 2.48. The van der Waals surface area contributed by atoms with Gasteiger partial charge in [0.15, 0.2) is 0 Å². The number of benzene rings is 2. The first kappa shape index (κ1) is 14.1. The zero-order valence-corrected chi connectivity index (χ0v) is 12.2. The second-order valence-electron chi connectivity index (χ2n) is 4.98. The molecular weight excluding hydrogens is 276 g/mol. The number of hydrogen-bond donors (Lipinski definition) is 1. The summed E-state index contributed by atoms with van der Waals surface area (Å²) >= 11 is 0. The molecule has 1 N–H and O–H groups in total. The molecule has 3 rings (SSSR count). The maximum absolute atomic E-state index is 12.3. The Balaban J connectivity index is 2.25. The summed E-state index contributed by atoms with van der Waals surface area (Å²) in [6, 6.07) is 16.7. The number of aryl methyl sites for hydroxylation is 1. The Labute approximate surface area is 128 Å². The van der Waals surface area contributed by atoms with Crippen molar-refractivity contribution in [3.63, 3.8) is 0 Å². The van der Waals surface area contributed by atoms with Crippen molar-refractivity contribution in [2.45, 2.75) is 13.3 Å². The summed E-state index contributed by atoms with van der Waals surface area (Å²) in [6.45, 7) is 1.96. The van der Waals surface area contributed by atoms with Gasteiger partial charge in [-0.05, 0) is 41.8 Å². The first-order valence-corrected chi connectivity index (χ1v) is 7.16. The SMILES string of the molecule is CCc1cc(-n2c(-c3ccccc3)ccnc2=O)ccc1O. The Hall–Kier alpha value is -2.88. The molecule has 0 amide bonds. The summed E-state index contributed by atoms with van der Waals surface area (Å²) in [7, 11) is 0. The third-order valence-electron chi connectivity index (χ3n) is 3.62. The van der Waals surface area contributed by atoms with Gasteiger partial charge in [-0.15, -0.1) is 0 Å². The van der Waals surface area contributed by atoms with Crippen molar-refractivity contribution in [3.8, 4) is 22.7 Å². The van der Waals surface area contributed by atoms with E-state index in [-0.39, 0.29) is 11.4 Å². The van der Waals surface area contributed by atoms with Crippen molar-refractivity contribution in [1.29, 1.82) is 0 Å². The summed E-state index contributed by atoms with van der Waals surface area (Å²) in [6.07, 6.45) is 2.21. The summed E-state index contributed by atoms with van der Waals surface area (Å²) in [5, 5.41) is 9.83. The number of rotatable bonds is 3. The molecule has 0 fully saturated rings. The lowest BCUT2D eigenvalue weighted by Crippen LogP contribution is -2.22. The number of aromatic nitrogens is 2. The van der Waals surface area contributed by atoms with Gasteiger partial charge in [0.1, 0.15) is 5.75 Å². The molecule has 1 aromatic heterocycles. The van der Waals surface area contributed by atoms with E-state index in [9.17, 15) is 9.90 Å². The lowest BCUT2D eigenvalue weighted by Gasteiger charge is -2.13. The van der Waals surface area contributed by atoms with Crippen molar-refractivity contribution in [2.24, 2.45) is 0 Å². The minimum absolute atomic E-state index is 0.240. The van der Waals surface area contributed by atoms with E-state index in [0.717, 1.165) is 16.8 Å². The van der Waals surface area contributed by atoms with E-state index >= 15 is 0 Å². The van der Waals surface area contributed by atoms with Gasteiger partial charge in [0, 0.05) is 6.20 Å². The summed E-state index contributed by atoms with van der Waals surface area (Å²) < 4.78 is 1.56. The van der Waals surface area contributed by atoms with Crippen LogP contribution in [0.3, 0.4) is 0 Å². The van der Waals surface area contributed by atoms with Gasteiger partial charge < -0.3 is 5.11 Å². The van der Waals surface area contributed by atoms with Gasteiger partial charge in [0.2, 0.25) is 0 Å². The lowest BCUT2D eigenvalue weighted by molar-refractivity contribution is 0.468. The van der Waals surface area contributed by atoms with Crippen LogP contribution >= 0.6 is 0 Å². The molecule has 110 valence electrons. The third-order valence-corrected chi connectivity index (χ3v) is 3.62. The standard InChI is InChI=1S/C18H16N2O2/c1-2-13-12-15(8-9-17(13)21)20-16(10-11-19-18(20)22)14-6-4-3-5-7-14/h3-12,21H,2H2,1H3. The summed E-state index contributed by atoms with van der Waals surface area (Å²) in [4.78, 5) is 16.2. The number of hydrogen-bond acceptors (Lipinski definition) is 3. The molecule has 0 atom stereocenters. The normalized spacial score (nSPS) is 10.6. The fraction of sp³-hybridized carbons (Fsp3) is 0.111. The first-order chi connectivity index (χ1) is 10.7. The average molecular weight is 292 g/mol. The van der Waals surface area contributed by atoms with E-state index in [1.807, 2.05) is 49.4 Å². The van der Waals surface area contributed by atoms with Crippen LogP contribution in [0, 0.1) is 0 Å². The fourth-order valence-corrected chi connectivity index (χ4v) is 2.48. The molecule has 0 radical (unpaired) electrons. The Kier molecular flexibility index (Phi) is 3.74. The van der Waals surface area contributed by atoms with Crippen LogP contribution in [0.25, 0.3) is 16.9 Å². The van der Waals surface area contributed by atoms with E-state index in [0.29, 0.717) is 12.1 Å². The van der Waals surface area contributed by atoms with Crippen LogP contribution in [0.4, 0.5) is 0 Å². The molecule has 3 aromatic rings. The van der Waals surface area contributed by atoms with E-state index in [1.54, 1.807) is 16.7 Å². The van der Waals surface area contributed by atoms with E-state index in [1.165, 1.54) is 6.20 Å². The average Bonchev–Trinajstić information content (AvgIpc) is 2.56. The van der Waals surface area contributed by atoms with E-state index < -0.39 is 0 Å². The quantitative estimate of drug-likeness (QED) is 0.806. The number of nitrogens with zero attached hydrogens (tertiary/aromatic N) is 2. The topological polar surface area (TPSA) is 55.1 Å². The van der Waals surface area contributed by atoms with Crippen LogP contribution in [0.2, 0.25) is 0 Å². The lowest BCUT2D eigenvalue weighted by atomic mass is 10.1. The molecule has 4 nitrogen and oxygen atoms in total. The summed E-state index contributed by atoms with van der Waals surface area (Å²) in [5.41, 5.74) is 2.87. The largest absolute Gasteiger partial charge is 0.508 e. The van der Waals surface area contributed by atoms with Crippen LogP contribution in [0.5, 0.6) is 5.75 Å². The molecule has 0 aliphatic carbocycles. The van der Waals surface area contributed by atoms with Crippen LogP contribution in [-0.4, -0.2) is 14.7 Å². The zero-order chi connectivity index (χ0) is 15.5. The highest BCUT2D eigenvalue weighted by atomic mass is 16.3. The highest BCUT2D eigenvalue weighted by Gasteiger charge is 2.10.